The molecule has 1 N–H and O–H groups in total. The first-order chi connectivity index (χ1) is 8.22. The number of nitrogens with zero attached hydrogens (tertiary/aromatic N) is 1. The molecule has 2 aliphatic rings. The van der Waals surface area contributed by atoms with Gasteiger partial charge in [-0.2, -0.15) is 0 Å². The number of piperidine rings is 1. The number of carbonyl (C=O) groups excluding carboxylic acids is 1. The molecular formula is C13H24N2O2. The lowest BCUT2D eigenvalue weighted by atomic mass is 9.98. The van der Waals surface area contributed by atoms with Crippen molar-refractivity contribution in [2.45, 2.75) is 32.2 Å². The molecule has 0 aliphatic carbocycles. The smallest absolute Gasteiger partial charge is 0.310 e. The Labute approximate surface area is 104 Å². The van der Waals surface area contributed by atoms with Gasteiger partial charge in [0.15, 0.2) is 0 Å². The van der Waals surface area contributed by atoms with Gasteiger partial charge in [0.2, 0.25) is 0 Å². The summed E-state index contributed by atoms with van der Waals surface area (Å²) in [4.78, 5) is 14.1. The molecule has 0 aromatic carbocycles. The second kappa shape index (κ2) is 5.83. The van der Waals surface area contributed by atoms with Crippen LogP contribution in [-0.4, -0.2) is 50.2 Å². The van der Waals surface area contributed by atoms with Crippen LogP contribution in [0.1, 0.15) is 26.2 Å². The summed E-state index contributed by atoms with van der Waals surface area (Å²) in [5.41, 5.74) is 0. The zero-order valence-electron chi connectivity index (χ0n) is 10.9. The van der Waals surface area contributed by atoms with Crippen molar-refractivity contribution in [2.24, 2.45) is 11.8 Å². The van der Waals surface area contributed by atoms with Gasteiger partial charge in [-0.15, -0.1) is 0 Å². The maximum Gasteiger partial charge on any atom is 0.310 e. The summed E-state index contributed by atoms with van der Waals surface area (Å²) in [7, 11) is 1.49. The van der Waals surface area contributed by atoms with E-state index in [0.29, 0.717) is 6.04 Å². The van der Waals surface area contributed by atoms with Crippen LogP contribution in [0.3, 0.4) is 0 Å². The van der Waals surface area contributed by atoms with Crippen LogP contribution in [0.25, 0.3) is 0 Å². The summed E-state index contributed by atoms with van der Waals surface area (Å²) in [6.45, 7) is 6.62. The minimum Gasteiger partial charge on any atom is -0.469 e. The zero-order chi connectivity index (χ0) is 12.3. The van der Waals surface area contributed by atoms with E-state index in [1.165, 1.54) is 20.0 Å². The fraction of sp³-hybridized carbons (Fsp3) is 0.923. The number of hydrogen-bond acceptors (Lipinski definition) is 4. The minimum atomic E-state index is -0.0400. The van der Waals surface area contributed by atoms with Crippen molar-refractivity contribution in [3.63, 3.8) is 0 Å². The number of nitrogens with one attached hydrogen (secondary N) is 1. The molecule has 0 aromatic heterocycles. The van der Waals surface area contributed by atoms with Crippen LogP contribution in [0.15, 0.2) is 0 Å². The Morgan fingerprint density at radius 3 is 2.94 bits per heavy atom. The van der Waals surface area contributed by atoms with Crippen molar-refractivity contribution < 1.29 is 9.53 Å². The molecule has 3 unspecified atom stereocenters. The molecule has 2 fully saturated rings. The van der Waals surface area contributed by atoms with E-state index < -0.39 is 0 Å². The maximum atomic E-state index is 11.6. The second-order valence-electron chi connectivity index (χ2n) is 5.37. The molecule has 0 saturated carbocycles. The fourth-order valence-corrected chi connectivity index (χ4v) is 3.14. The van der Waals surface area contributed by atoms with Crippen molar-refractivity contribution in [1.82, 2.24) is 10.2 Å². The van der Waals surface area contributed by atoms with E-state index in [1.807, 2.05) is 0 Å². The van der Waals surface area contributed by atoms with Crippen molar-refractivity contribution in [2.75, 3.05) is 33.3 Å². The first kappa shape index (κ1) is 12.8. The lowest BCUT2D eigenvalue weighted by molar-refractivity contribution is -0.146. The third-order valence-corrected chi connectivity index (χ3v) is 4.28. The van der Waals surface area contributed by atoms with Crippen LogP contribution >= 0.6 is 0 Å². The Hall–Kier alpha value is -0.610. The highest BCUT2D eigenvalue weighted by Gasteiger charge is 2.37. The number of hydrogen-bond donors (Lipinski definition) is 1. The largest absolute Gasteiger partial charge is 0.469 e. The summed E-state index contributed by atoms with van der Waals surface area (Å²) in [6.07, 6.45) is 3.56. The van der Waals surface area contributed by atoms with Gasteiger partial charge in [0.25, 0.3) is 0 Å². The number of likely N-dealkylation sites (tertiary alicyclic amines) is 1. The molecule has 0 spiro atoms. The van der Waals surface area contributed by atoms with Crippen molar-refractivity contribution in [3.8, 4) is 0 Å². The van der Waals surface area contributed by atoms with Crippen molar-refractivity contribution in [1.29, 1.82) is 0 Å². The zero-order valence-corrected chi connectivity index (χ0v) is 10.9. The van der Waals surface area contributed by atoms with Gasteiger partial charge < -0.3 is 10.1 Å². The topological polar surface area (TPSA) is 41.6 Å². The van der Waals surface area contributed by atoms with Crippen LogP contribution in [0.2, 0.25) is 0 Å². The van der Waals surface area contributed by atoms with E-state index in [1.54, 1.807) is 0 Å². The highest BCUT2D eigenvalue weighted by atomic mass is 16.5. The van der Waals surface area contributed by atoms with Crippen LogP contribution < -0.4 is 5.32 Å². The Morgan fingerprint density at radius 2 is 2.29 bits per heavy atom. The molecule has 2 saturated heterocycles. The van der Waals surface area contributed by atoms with Crippen molar-refractivity contribution in [3.05, 3.63) is 0 Å². The molecule has 2 heterocycles. The van der Waals surface area contributed by atoms with Crippen LogP contribution in [0.5, 0.6) is 0 Å². The molecule has 98 valence electrons. The summed E-state index contributed by atoms with van der Waals surface area (Å²) >= 11 is 0. The van der Waals surface area contributed by atoms with Gasteiger partial charge in [-0.25, -0.2) is 0 Å². The molecular weight excluding hydrogens is 216 g/mol. The van der Waals surface area contributed by atoms with E-state index in [0.717, 1.165) is 38.5 Å². The van der Waals surface area contributed by atoms with Crippen LogP contribution in [0.4, 0.5) is 0 Å². The average Bonchev–Trinajstić information content (AvgIpc) is 2.72. The molecule has 2 rings (SSSR count). The first-order valence-corrected chi connectivity index (χ1v) is 6.75. The van der Waals surface area contributed by atoms with E-state index >= 15 is 0 Å². The normalized spacial score (nSPS) is 34.8. The van der Waals surface area contributed by atoms with Crippen LogP contribution in [0, 0.1) is 11.8 Å². The Bertz CT molecular complexity index is 264. The number of esters is 1. The first-order valence-electron chi connectivity index (χ1n) is 6.75. The molecule has 3 atom stereocenters. The average molecular weight is 240 g/mol. The minimum absolute atomic E-state index is 0.0400. The van der Waals surface area contributed by atoms with Gasteiger partial charge in [0.1, 0.15) is 0 Å². The summed E-state index contributed by atoms with van der Waals surface area (Å²) in [6, 6.07) is 0.337. The SMILES string of the molecule is COC(=O)C1CCN(CC2CCCNC2)C1C. The Morgan fingerprint density at radius 1 is 1.47 bits per heavy atom. The highest BCUT2D eigenvalue weighted by molar-refractivity contribution is 5.73. The molecule has 17 heavy (non-hydrogen) atoms. The van der Waals surface area contributed by atoms with Gasteiger partial charge in [-0.1, -0.05) is 0 Å². The number of rotatable bonds is 3. The van der Waals surface area contributed by atoms with E-state index in [9.17, 15) is 4.79 Å². The van der Waals surface area contributed by atoms with Gasteiger partial charge in [0, 0.05) is 12.6 Å². The summed E-state index contributed by atoms with van der Waals surface area (Å²) in [5, 5.41) is 3.45. The molecule has 2 aliphatic heterocycles. The maximum absolute atomic E-state index is 11.6. The second-order valence-corrected chi connectivity index (χ2v) is 5.37. The molecule has 4 heteroatoms. The monoisotopic (exact) mass is 240 g/mol. The molecule has 0 radical (unpaired) electrons. The van der Waals surface area contributed by atoms with Gasteiger partial charge in [-0.05, 0) is 51.7 Å². The van der Waals surface area contributed by atoms with Gasteiger partial charge in [-0.3, -0.25) is 9.69 Å². The molecule has 4 nitrogen and oxygen atoms in total. The number of methoxy groups -OCH3 is 1. The Kier molecular flexibility index (Phi) is 4.40. The summed E-state index contributed by atoms with van der Waals surface area (Å²) in [5.74, 6) is 0.793. The highest BCUT2D eigenvalue weighted by Crippen LogP contribution is 2.27. The third-order valence-electron chi connectivity index (χ3n) is 4.28. The Balaban J connectivity index is 1.84. The van der Waals surface area contributed by atoms with E-state index in [4.69, 9.17) is 4.74 Å². The summed E-state index contributed by atoms with van der Waals surface area (Å²) < 4.78 is 4.86. The molecule has 0 bridgehead atoms. The predicted molar refractivity (Wildman–Crippen MR) is 66.8 cm³/mol. The van der Waals surface area contributed by atoms with Gasteiger partial charge in [0.05, 0.1) is 13.0 Å². The lowest BCUT2D eigenvalue weighted by Crippen LogP contribution is -2.41. The van der Waals surface area contributed by atoms with E-state index in [-0.39, 0.29) is 11.9 Å². The van der Waals surface area contributed by atoms with Crippen molar-refractivity contribution >= 4 is 5.97 Å². The lowest BCUT2D eigenvalue weighted by Gasteiger charge is -2.30. The number of ether oxygens (including phenoxy) is 1. The third kappa shape index (κ3) is 2.99. The fourth-order valence-electron chi connectivity index (χ4n) is 3.14. The van der Waals surface area contributed by atoms with Crippen LogP contribution in [-0.2, 0) is 9.53 Å². The molecule has 0 amide bonds. The van der Waals surface area contributed by atoms with E-state index in [2.05, 4.69) is 17.1 Å². The predicted octanol–water partition coefficient (Wildman–Crippen LogP) is 0.869. The number of carbonyl (C=O) groups is 1. The van der Waals surface area contributed by atoms with Gasteiger partial charge >= 0.3 is 5.97 Å². The standard InChI is InChI=1S/C13H24N2O2/c1-10-12(13(16)17-2)5-7-15(10)9-11-4-3-6-14-8-11/h10-12,14H,3-9H2,1-2H3. The quantitative estimate of drug-likeness (QED) is 0.743. The molecule has 0 aromatic rings.